The first-order valence-corrected chi connectivity index (χ1v) is 12.8. The van der Waals surface area contributed by atoms with E-state index in [1.807, 2.05) is 29.0 Å². The van der Waals surface area contributed by atoms with Crippen LogP contribution in [0.4, 0.5) is 5.82 Å². The SMILES string of the molecule is O=c1ccc(-c2ccc(N[C@H]3C[C@@H]4CN(CC5CCOCC5)C[C@@H]4C3)nn2)cn1CC1CC1. The van der Waals surface area contributed by atoms with Crippen LogP contribution in [0.2, 0.25) is 0 Å². The minimum Gasteiger partial charge on any atom is -0.381 e. The molecule has 0 aromatic carbocycles. The predicted octanol–water partition coefficient (Wildman–Crippen LogP) is 3.26. The molecule has 0 spiro atoms. The fourth-order valence-corrected chi connectivity index (χ4v) is 6.13. The van der Waals surface area contributed by atoms with Crippen molar-refractivity contribution in [1.82, 2.24) is 19.7 Å². The van der Waals surface area contributed by atoms with Crippen LogP contribution in [0, 0.1) is 23.7 Å². The zero-order chi connectivity index (χ0) is 22.2. The topological polar surface area (TPSA) is 72.3 Å². The van der Waals surface area contributed by atoms with Crippen molar-refractivity contribution in [3.63, 3.8) is 0 Å². The Hall–Kier alpha value is -2.25. The molecule has 7 nitrogen and oxygen atoms in total. The first-order chi connectivity index (χ1) is 16.2. The molecule has 6 rings (SSSR count). The molecule has 0 unspecified atom stereocenters. The second kappa shape index (κ2) is 9.18. The lowest BCUT2D eigenvalue weighted by Crippen LogP contribution is -2.32. The molecule has 0 bridgehead atoms. The molecule has 4 heterocycles. The second-order valence-electron chi connectivity index (χ2n) is 10.8. The quantitative estimate of drug-likeness (QED) is 0.700. The van der Waals surface area contributed by atoms with Gasteiger partial charge >= 0.3 is 0 Å². The van der Waals surface area contributed by atoms with Gasteiger partial charge in [-0.05, 0) is 80.4 Å². The first kappa shape index (κ1) is 21.3. The van der Waals surface area contributed by atoms with Crippen molar-refractivity contribution in [1.29, 1.82) is 0 Å². The molecular formula is C26H35N5O2. The zero-order valence-corrected chi connectivity index (χ0v) is 19.4. The molecule has 2 aromatic rings. The molecule has 4 aliphatic rings. The lowest BCUT2D eigenvalue weighted by molar-refractivity contribution is 0.0545. The van der Waals surface area contributed by atoms with Crippen LogP contribution in [0.15, 0.2) is 35.3 Å². The lowest BCUT2D eigenvalue weighted by atomic mass is 10.00. The van der Waals surface area contributed by atoms with Gasteiger partial charge in [-0.15, -0.1) is 10.2 Å². The van der Waals surface area contributed by atoms with Gasteiger partial charge in [-0.2, -0.15) is 0 Å². The third-order valence-electron chi connectivity index (χ3n) is 8.13. The number of fused-ring (bicyclic) bond motifs is 1. The normalized spacial score (nSPS) is 28.2. The number of aromatic nitrogens is 3. The monoisotopic (exact) mass is 449 g/mol. The van der Waals surface area contributed by atoms with Gasteiger partial charge in [0.05, 0.1) is 5.69 Å². The van der Waals surface area contributed by atoms with E-state index in [-0.39, 0.29) is 5.56 Å². The van der Waals surface area contributed by atoms with Crippen LogP contribution >= 0.6 is 0 Å². The Kier molecular flexibility index (Phi) is 5.93. The zero-order valence-electron chi connectivity index (χ0n) is 19.4. The number of rotatable bonds is 7. The third kappa shape index (κ3) is 4.99. The highest BCUT2D eigenvalue weighted by molar-refractivity contribution is 5.58. The summed E-state index contributed by atoms with van der Waals surface area (Å²) in [5.74, 6) is 3.96. The van der Waals surface area contributed by atoms with E-state index in [1.54, 1.807) is 6.07 Å². The number of hydrogen-bond acceptors (Lipinski definition) is 6. The Balaban J connectivity index is 1.02. The summed E-state index contributed by atoms with van der Waals surface area (Å²) in [6, 6.07) is 8.04. The maximum atomic E-state index is 12.1. The van der Waals surface area contributed by atoms with E-state index in [1.165, 1.54) is 58.2 Å². The van der Waals surface area contributed by atoms with E-state index < -0.39 is 0 Å². The van der Waals surface area contributed by atoms with Crippen molar-refractivity contribution in [2.45, 2.75) is 51.1 Å². The summed E-state index contributed by atoms with van der Waals surface area (Å²) < 4.78 is 7.34. The van der Waals surface area contributed by atoms with E-state index >= 15 is 0 Å². The average Bonchev–Trinajstić information content (AvgIpc) is 3.46. The molecule has 2 saturated carbocycles. The van der Waals surface area contributed by atoms with E-state index in [2.05, 4.69) is 20.4 Å². The summed E-state index contributed by atoms with van der Waals surface area (Å²) in [7, 11) is 0. The molecule has 0 amide bonds. The highest BCUT2D eigenvalue weighted by Crippen LogP contribution is 2.39. The average molecular weight is 450 g/mol. The van der Waals surface area contributed by atoms with E-state index in [0.29, 0.717) is 12.0 Å². The minimum atomic E-state index is 0.0648. The van der Waals surface area contributed by atoms with E-state index in [9.17, 15) is 4.79 Å². The van der Waals surface area contributed by atoms with Crippen LogP contribution in [-0.2, 0) is 11.3 Å². The van der Waals surface area contributed by atoms with Gasteiger partial charge in [0.25, 0.3) is 5.56 Å². The molecule has 2 saturated heterocycles. The number of likely N-dealkylation sites (tertiary alicyclic amines) is 1. The predicted molar refractivity (Wildman–Crippen MR) is 128 cm³/mol. The molecule has 7 heteroatoms. The Bertz CT molecular complexity index is 998. The molecular weight excluding hydrogens is 414 g/mol. The minimum absolute atomic E-state index is 0.0648. The van der Waals surface area contributed by atoms with Gasteiger partial charge in [0.1, 0.15) is 5.82 Å². The standard InChI is InChI=1S/C26H35N5O2/c32-26-6-3-20(17-31(26)14-18-1-2-18)24-4-5-25(29-28-24)27-23-11-21-15-30(16-22(21)12-23)13-19-7-9-33-10-8-19/h3-6,17-19,21-23H,1-2,7-16H2,(H,27,29)/t21-,22+,23+. The highest BCUT2D eigenvalue weighted by atomic mass is 16.5. The van der Waals surface area contributed by atoms with Gasteiger partial charge in [0.2, 0.25) is 0 Å². The fourth-order valence-electron chi connectivity index (χ4n) is 6.13. The maximum Gasteiger partial charge on any atom is 0.250 e. The number of nitrogens with one attached hydrogen (secondary N) is 1. The van der Waals surface area contributed by atoms with Gasteiger partial charge in [-0.3, -0.25) is 4.79 Å². The fraction of sp³-hybridized carbons (Fsp3) is 0.654. The number of nitrogens with zero attached hydrogens (tertiary/aromatic N) is 4. The van der Waals surface area contributed by atoms with Gasteiger partial charge < -0.3 is 19.5 Å². The summed E-state index contributed by atoms with van der Waals surface area (Å²) in [6.07, 6.45) is 9.30. The first-order valence-electron chi connectivity index (χ1n) is 12.8. The van der Waals surface area contributed by atoms with Crippen molar-refractivity contribution >= 4 is 5.82 Å². The number of ether oxygens (including phenoxy) is 1. The second-order valence-corrected chi connectivity index (χ2v) is 10.8. The Morgan fingerprint density at radius 3 is 2.36 bits per heavy atom. The Morgan fingerprint density at radius 2 is 1.67 bits per heavy atom. The van der Waals surface area contributed by atoms with Crippen LogP contribution in [0.5, 0.6) is 0 Å². The lowest BCUT2D eigenvalue weighted by Gasteiger charge is -2.27. The molecule has 4 fully saturated rings. The number of anilines is 1. The third-order valence-corrected chi connectivity index (χ3v) is 8.13. The van der Waals surface area contributed by atoms with Gasteiger partial charge in [-0.25, -0.2) is 0 Å². The summed E-state index contributed by atoms with van der Waals surface area (Å²) in [5.41, 5.74) is 1.83. The highest BCUT2D eigenvalue weighted by Gasteiger charge is 2.41. The van der Waals surface area contributed by atoms with Gasteiger partial charge in [0.15, 0.2) is 0 Å². The van der Waals surface area contributed by atoms with Gasteiger partial charge in [-0.1, -0.05) is 0 Å². The molecule has 1 N–H and O–H groups in total. The van der Waals surface area contributed by atoms with Crippen molar-refractivity contribution in [3.05, 3.63) is 40.8 Å². The van der Waals surface area contributed by atoms with E-state index in [4.69, 9.17) is 4.74 Å². The summed E-state index contributed by atoms with van der Waals surface area (Å²) in [5, 5.41) is 12.6. The van der Waals surface area contributed by atoms with Crippen molar-refractivity contribution < 1.29 is 4.74 Å². The van der Waals surface area contributed by atoms with Crippen LogP contribution in [-0.4, -0.2) is 58.6 Å². The molecule has 2 aromatic heterocycles. The van der Waals surface area contributed by atoms with Crippen LogP contribution in [0.25, 0.3) is 11.3 Å². The Morgan fingerprint density at radius 1 is 0.909 bits per heavy atom. The Labute approximate surface area is 195 Å². The van der Waals surface area contributed by atoms with Crippen LogP contribution in [0.3, 0.4) is 0 Å². The van der Waals surface area contributed by atoms with Crippen molar-refractivity contribution in [3.8, 4) is 11.3 Å². The summed E-state index contributed by atoms with van der Waals surface area (Å²) in [4.78, 5) is 14.8. The van der Waals surface area contributed by atoms with Gasteiger partial charge in [0, 0.05) is 63.3 Å². The molecule has 3 atom stereocenters. The van der Waals surface area contributed by atoms with Crippen molar-refractivity contribution in [2.24, 2.45) is 23.7 Å². The van der Waals surface area contributed by atoms with Crippen molar-refractivity contribution in [2.75, 3.05) is 38.2 Å². The maximum absolute atomic E-state index is 12.1. The molecule has 33 heavy (non-hydrogen) atoms. The van der Waals surface area contributed by atoms with Crippen LogP contribution < -0.4 is 10.9 Å². The van der Waals surface area contributed by atoms with E-state index in [0.717, 1.165) is 54.6 Å². The largest absolute Gasteiger partial charge is 0.381 e. The molecule has 2 aliphatic carbocycles. The molecule has 2 aliphatic heterocycles. The smallest absolute Gasteiger partial charge is 0.250 e. The summed E-state index contributed by atoms with van der Waals surface area (Å²) in [6.45, 7) is 6.47. The number of hydrogen-bond donors (Lipinski definition) is 1. The number of pyridine rings is 1. The molecule has 176 valence electrons. The van der Waals surface area contributed by atoms with Crippen LogP contribution in [0.1, 0.15) is 38.5 Å². The summed E-state index contributed by atoms with van der Waals surface area (Å²) >= 11 is 0. The molecule has 0 radical (unpaired) electrons.